The summed E-state index contributed by atoms with van der Waals surface area (Å²) in [6, 6.07) is 8.64. The Hall–Kier alpha value is -1.70. The maximum atomic E-state index is 4.47. The molecule has 0 aliphatic carbocycles. The summed E-state index contributed by atoms with van der Waals surface area (Å²) in [6.45, 7) is 10.9. The molecule has 0 aliphatic rings. The summed E-state index contributed by atoms with van der Waals surface area (Å²) in [6.07, 6.45) is 2.63. The summed E-state index contributed by atoms with van der Waals surface area (Å²) in [5, 5.41) is 0. The summed E-state index contributed by atoms with van der Waals surface area (Å²) in [5.41, 5.74) is 5.22. The van der Waals surface area contributed by atoms with Crippen molar-refractivity contribution < 1.29 is 0 Å². The van der Waals surface area contributed by atoms with Gasteiger partial charge in [-0.3, -0.25) is 0 Å². The van der Waals surface area contributed by atoms with Crippen LogP contribution in [0.15, 0.2) is 30.5 Å². The van der Waals surface area contributed by atoms with Gasteiger partial charge in [-0.1, -0.05) is 39.0 Å². The predicted molar refractivity (Wildman–Crippen MR) is 79.5 cm³/mol. The van der Waals surface area contributed by atoms with Gasteiger partial charge in [0.1, 0.15) is 5.82 Å². The molecule has 2 rings (SSSR count). The van der Waals surface area contributed by atoms with Crippen LogP contribution in [0.2, 0.25) is 0 Å². The molecule has 2 aromatic rings. The molecule has 0 spiro atoms. The average Bonchev–Trinajstić information content (AvgIpc) is 2.30. The van der Waals surface area contributed by atoms with E-state index in [1.54, 1.807) is 0 Å². The Morgan fingerprint density at radius 2 is 1.79 bits per heavy atom. The van der Waals surface area contributed by atoms with Crippen molar-refractivity contribution in [3.05, 3.63) is 58.7 Å². The van der Waals surface area contributed by atoms with Crippen molar-refractivity contribution in [2.75, 3.05) is 0 Å². The Labute approximate surface area is 115 Å². The highest BCUT2D eigenvalue weighted by Crippen LogP contribution is 2.25. The molecule has 0 radical (unpaired) electrons. The first-order valence-electron chi connectivity index (χ1n) is 6.75. The van der Waals surface area contributed by atoms with Gasteiger partial charge in [-0.2, -0.15) is 0 Å². The first-order valence-corrected chi connectivity index (χ1v) is 6.75. The van der Waals surface area contributed by atoms with Crippen LogP contribution in [0.1, 0.15) is 49.0 Å². The number of aryl methyl sites for hydroxylation is 2. The van der Waals surface area contributed by atoms with E-state index in [9.17, 15) is 0 Å². The second kappa shape index (κ2) is 5.12. The monoisotopic (exact) mass is 254 g/mol. The molecule has 0 atom stereocenters. The number of rotatable bonds is 2. The van der Waals surface area contributed by atoms with Gasteiger partial charge in [0.2, 0.25) is 0 Å². The van der Waals surface area contributed by atoms with Crippen LogP contribution < -0.4 is 0 Å². The summed E-state index contributed by atoms with van der Waals surface area (Å²) < 4.78 is 0. The molecule has 1 heterocycles. The van der Waals surface area contributed by atoms with E-state index in [4.69, 9.17) is 0 Å². The summed E-state index contributed by atoms with van der Waals surface area (Å²) in [5.74, 6) is 0.895. The molecular weight excluding hydrogens is 232 g/mol. The highest BCUT2D eigenvalue weighted by Gasteiger charge is 2.14. The maximum absolute atomic E-state index is 4.47. The smallest absolute Gasteiger partial charge is 0.132 e. The van der Waals surface area contributed by atoms with Crippen LogP contribution in [-0.2, 0) is 11.8 Å². The van der Waals surface area contributed by atoms with Gasteiger partial charge < -0.3 is 0 Å². The van der Waals surface area contributed by atoms with Crippen molar-refractivity contribution in [3.63, 3.8) is 0 Å². The summed E-state index contributed by atoms with van der Waals surface area (Å²) in [7, 11) is 0. The molecule has 1 aromatic carbocycles. The molecule has 2 heteroatoms. The molecule has 0 aliphatic heterocycles. The predicted octanol–water partition coefficient (Wildman–Crippen LogP) is 3.98. The molecule has 0 bridgehead atoms. The molecule has 0 N–H and O–H groups in total. The molecule has 100 valence electrons. The second-order valence-electron chi connectivity index (χ2n) is 6.18. The number of benzene rings is 1. The van der Waals surface area contributed by atoms with Crippen molar-refractivity contribution in [1.29, 1.82) is 0 Å². The van der Waals surface area contributed by atoms with Crippen LogP contribution in [0.5, 0.6) is 0 Å². The zero-order valence-corrected chi connectivity index (χ0v) is 12.5. The van der Waals surface area contributed by atoms with E-state index in [0.29, 0.717) is 0 Å². The first kappa shape index (κ1) is 13.7. The molecule has 0 amide bonds. The topological polar surface area (TPSA) is 25.8 Å². The van der Waals surface area contributed by atoms with Gasteiger partial charge in [0.05, 0.1) is 0 Å². The van der Waals surface area contributed by atoms with Gasteiger partial charge in [-0.15, -0.1) is 0 Å². The van der Waals surface area contributed by atoms with Gasteiger partial charge in [0.25, 0.3) is 0 Å². The average molecular weight is 254 g/mol. The Morgan fingerprint density at radius 1 is 1.05 bits per heavy atom. The lowest BCUT2D eigenvalue weighted by molar-refractivity contribution is 0.589. The second-order valence-corrected chi connectivity index (χ2v) is 6.18. The van der Waals surface area contributed by atoms with E-state index in [2.05, 4.69) is 55.9 Å². The van der Waals surface area contributed by atoms with Crippen LogP contribution in [0.4, 0.5) is 0 Å². The standard InChI is InChI=1S/C17H22N2/c1-12-10-15(17(3,4)5)7-6-14(12)11-16-18-9-8-13(2)19-16/h6-10H,11H2,1-5H3. The third-order valence-corrected chi connectivity index (χ3v) is 3.40. The minimum atomic E-state index is 0.198. The molecule has 19 heavy (non-hydrogen) atoms. The maximum Gasteiger partial charge on any atom is 0.132 e. The number of nitrogens with zero attached hydrogens (tertiary/aromatic N) is 2. The largest absolute Gasteiger partial charge is 0.241 e. The minimum Gasteiger partial charge on any atom is -0.241 e. The molecule has 0 unspecified atom stereocenters. The number of aromatic nitrogens is 2. The fourth-order valence-electron chi connectivity index (χ4n) is 2.12. The molecule has 1 aromatic heterocycles. The van der Waals surface area contributed by atoms with Crippen molar-refractivity contribution in [3.8, 4) is 0 Å². The van der Waals surface area contributed by atoms with Crippen molar-refractivity contribution >= 4 is 0 Å². The van der Waals surface area contributed by atoms with Crippen molar-refractivity contribution in [2.24, 2.45) is 0 Å². The highest BCUT2D eigenvalue weighted by atomic mass is 14.9. The molecular formula is C17H22N2. The van der Waals surface area contributed by atoms with Gasteiger partial charge >= 0.3 is 0 Å². The van der Waals surface area contributed by atoms with Gasteiger partial charge in [-0.05, 0) is 42.0 Å². The van der Waals surface area contributed by atoms with Gasteiger partial charge in [0.15, 0.2) is 0 Å². The molecule has 0 saturated heterocycles. The SMILES string of the molecule is Cc1ccnc(Cc2ccc(C(C)(C)C)cc2C)n1. The normalized spacial score (nSPS) is 11.6. The zero-order chi connectivity index (χ0) is 14.0. The number of hydrogen-bond acceptors (Lipinski definition) is 2. The summed E-state index contributed by atoms with van der Waals surface area (Å²) >= 11 is 0. The lowest BCUT2D eigenvalue weighted by Gasteiger charge is -2.20. The van der Waals surface area contributed by atoms with E-state index in [1.807, 2.05) is 19.2 Å². The lowest BCUT2D eigenvalue weighted by Crippen LogP contribution is -2.11. The third kappa shape index (κ3) is 3.40. The Morgan fingerprint density at radius 3 is 2.37 bits per heavy atom. The third-order valence-electron chi connectivity index (χ3n) is 3.40. The lowest BCUT2D eigenvalue weighted by atomic mass is 9.85. The van der Waals surface area contributed by atoms with E-state index >= 15 is 0 Å². The number of hydrogen-bond donors (Lipinski definition) is 0. The van der Waals surface area contributed by atoms with Crippen LogP contribution in [0.25, 0.3) is 0 Å². The summed E-state index contributed by atoms with van der Waals surface area (Å²) in [4.78, 5) is 8.81. The fraction of sp³-hybridized carbons (Fsp3) is 0.412. The first-order chi connectivity index (χ1) is 8.86. The van der Waals surface area contributed by atoms with Crippen molar-refractivity contribution in [1.82, 2.24) is 9.97 Å². The zero-order valence-electron chi connectivity index (χ0n) is 12.5. The van der Waals surface area contributed by atoms with Gasteiger partial charge in [-0.25, -0.2) is 9.97 Å². The van der Waals surface area contributed by atoms with Crippen LogP contribution in [0.3, 0.4) is 0 Å². The molecule has 0 fully saturated rings. The van der Waals surface area contributed by atoms with E-state index < -0.39 is 0 Å². The highest BCUT2D eigenvalue weighted by molar-refractivity contribution is 5.35. The van der Waals surface area contributed by atoms with E-state index in [0.717, 1.165) is 17.9 Å². The van der Waals surface area contributed by atoms with Crippen molar-refractivity contribution in [2.45, 2.75) is 46.5 Å². The Balaban J connectivity index is 2.27. The Kier molecular flexibility index (Phi) is 3.70. The molecule has 0 saturated carbocycles. The fourth-order valence-corrected chi connectivity index (χ4v) is 2.12. The van der Waals surface area contributed by atoms with E-state index in [-0.39, 0.29) is 5.41 Å². The van der Waals surface area contributed by atoms with Crippen LogP contribution in [0, 0.1) is 13.8 Å². The quantitative estimate of drug-likeness (QED) is 0.810. The Bertz CT molecular complexity index is 580. The van der Waals surface area contributed by atoms with Crippen LogP contribution >= 0.6 is 0 Å². The van der Waals surface area contributed by atoms with E-state index in [1.165, 1.54) is 16.7 Å². The van der Waals surface area contributed by atoms with Gasteiger partial charge in [0, 0.05) is 18.3 Å². The molecule has 2 nitrogen and oxygen atoms in total. The van der Waals surface area contributed by atoms with Crippen LogP contribution in [-0.4, -0.2) is 9.97 Å². The minimum absolute atomic E-state index is 0.198.